The van der Waals surface area contributed by atoms with Crippen molar-refractivity contribution in [2.45, 2.75) is 37.3 Å². The number of aromatic nitrogens is 2. The van der Waals surface area contributed by atoms with Crippen molar-refractivity contribution in [3.05, 3.63) is 11.9 Å². The highest BCUT2D eigenvalue weighted by Gasteiger charge is 2.33. The van der Waals surface area contributed by atoms with Crippen molar-refractivity contribution < 1.29 is 9.53 Å². The van der Waals surface area contributed by atoms with Crippen LogP contribution in [0.1, 0.15) is 30.8 Å². The van der Waals surface area contributed by atoms with Crippen LogP contribution >= 0.6 is 23.5 Å². The number of carbonyl (C=O) groups excluding carboxylic acids is 1. The van der Waals surface area contributed by atoms with E-state index < -0.39 is 0 Å². The molecule has 106 valence electrons. The first-order valence-corrected chi connectivity index (χ1v) is 8.66. The first kappa shape index (κ1) is 14.8. The minimum absolute atomic E-state index is 0.0138. The molecule has 2 heterocycles. The Kier molecular flexibility index (Phi) is 5.21. The Hall–Kier alpha value is -0.620. The van der Waals surface area contributed by atoms with Gasteiger partial charge in [-0.05, 0) is 6.42 Å². The summed E-state index contributed by atoms with van der Waals surface area (Å²) in [5.41, 5.74) is 0.635. The molecule has 0 amide bonds. The third-order valence-corrected chi connectivity index (χ3v) is 6.23. The van der Waals surface area contributed by atoms with Crippen molar-refractivity contribution in [2.24, 2.45) is 0 Å². The molecule has 1 aliphatic heterocycles. The van der Waals surface area contributed by atoms with Gasteiger partial charge < -0.3 is 4.74 Å². The second-order valence-corrected chi connectivity index (χ2v) is 7.25. The van der Waals surface area contributed by atoms with E-state index in [1.807, 2.05) is 11.8 Å². The number of carbonyl (C=O) groups is 1. The number of methoxy groups -OCH3 is 1. The van der Waals surface area contributed by atoms with Crippen molar-refractivity contribution in [3.63, 3.8) is 0 Å². The second kappa shape index (κ2) is 6.70. The SMILES string of the molecule is CCCn1ncc(OC)c1C(=O)C1SCCSC1C. The molecular formula is C13H20N2O2S2. The van der Waals surface area contributed by atoms with E-state index in [1.165, 1.54) is 0 Å². The lowest BCUT2D eigenvalue weighted by Gasteiger charge is -2.26. The number of hydrogen-bond acceptors (Lipinski definition) is 5. The van der Waals surface area contributed by atoms with Gasteiger partial charge in [-0.3, -0.25) is 9.48 Å². The van der Waals surface area contributed by atoms with Crippen LogP contribution in [0.4, 0.5) is 0 Å². The zero-order valence-electron chi connectivity index (χ0n) is 11.6. The Morgan fingerprint density at radius 2 is 2.26 bits per heavy atom. The van der Waals surface area contributed by atoms with Gasteiger partial charge in [-0.1, -0.05) is 13.8 Å². The van der Waals surface area contributed by atoms with Crippen molar-refractivity contribution in [1.29, 1.82) is 0 Å². The highest BCUT2D eigenvalue weighted by atomic mass is 32.2. The number of ketones is 1. The first-order valence-electron chi connectivity index (χ1n) is 6.56. The third kappa shape index (κ3) is 3.11. The van der Waals surface area contributed by atoms with Crippen LogP contribution in [-0.4, -0.2) is 44.7 Å². The van der Waals surface area contributed by atoms with E-state index in [9.17, 15) is 4.79 Å². The van der Waals surface area contributed by atoms with Crippen molar-refractivity contribution >= 4 is 29.3 Å². The van der Waals surface area contributed by atoms with Gasteiger partial charge in [0, 0.05) is 23.3 Å². The molecule has 1 aliphatic rings. The summed E-state index contributed by atoms with van der Waals surface area (Å²) in [4.78, 5) is 12.8. The van der Waals surface area contributed by atoms with Gasteiger partial charge in [0.15, 0.2) is 11.5 Å². The number of Topliss-reactive ketones (excluding diaryl/α,β-unsaturated/α-hetero) is 1. The molecule has 4 nitrogen and oxygen atoms in total. The molecule has 0 radical (unpaired) electrons. The zero-order valence-corrected chi connectivity index (χ0v) is 13.2. The van der Waals surface area contributed by atoms with E-state index in [0.29, 0.717) is 16.7 Å². The monoisotopic (exact) mass is 300 g/mol. The molecule has 1 fully saturated rings. The van der Waals surface area contributed by atoms with Crippen LogP contribution in [-0.2, 0) is 6.54 Å². The Labute approximate surface area is 122 Å². The topological polar surface area (TPSA) is 44.1 Å². The van der Waals surface area contributed by atoms with E-state index in [0.717, 1.165) is 24.5 Å². The number of hydrogen-bond donors (Lipinski definition) is 0. The number of ether oxygens (including phenoxy) is 1. The molecule has 6 heteroatoms. The van der Waals surface area contributed by atoms with Gasteiger partial charge in [-0.15, -0.1) is 11.8 Å². The molecular weight excluding hydrogens is 280 g/mol. The molecule has 0 bridgehead atoms. The maximum Gasteiger partial charge on any atom is 0.198 e. The Morgan fingerprint density at radius 1 is 1.53 bits per heavy atom. The fourth-order valence-electron chi connectivity index (χ4n) is 2.20. The maximum absolute atomic E-state index is 12.8. The molecule has 1 aromatic rings. The molecule has 2 unspecified atom stereocenters. The lowest BCUT2D eigenvalue weighted by atomic mass is 10.1. The molecule has 2 rings (SSSR count). The predicted molar refractivity (Wildman–Crippen MR) is 81.6 cm³/mol. The van der Waals surface area contributed by atoms with Crippen LogP contribution in [0.15, 0.2) is 6.20 Å². The van der Waals surface area contributed by atoms with Gasteiger partial charge in [0.25, 0.3) is 0 Å². The summed E-state index contributed by atoms with van der Waals surface area (Å²) in [6.07, 6.45) is 2.60. The van der Waals surface area contributed by atoms with Gasteiger partial charge in [-0.2, -0.15) is 16.9 Å². The summed E-state index contributed by atoms with van der Waals surface area (Å²) in [6, 6.07) is 0. The average Bonchev–Trinajstić information content (AvgIpc) is 2.82. The van der Waals surface area contributed by atoms with E-state index in [1.54, 1.807) is 29.8 Å². The maximum atomic E-state index is 12.8. The summed E-state index contributed by atoms with van der Waals surface area (Å²) in [7, 11) is 1.59. The normalized spacial score (nSPS) is 23.3. The number of nitrogens with zero attached hydrogens (tertiary/aromatic N) is 2. The molecule has 1 aromatic heterocycles. The van der Waals surface area contributed by atoms with E-state index in [2.05, 4.69) is 18.9 Å². The summed E-state index contributed by atoms with van der Waals surface area (Å²) in [6.45, 7) is 4.96. The minimum Gasteiger partial charge on any atom is -0.493 e. The fraction of sp³-hybridized carbons (Fsp3) is 0.692. The number of rotatable bonds is 5. The summed E-state index contributed by atoms with van der Waals surface area (Å²) in [5, 5.41) is 4.63. The molecule has 0 N–H and O–H groups in total. The summed E-state index contributed by atoms with van der Waals surface area (Å²) in [5.74, 6) is 2.92. The van der Waals surface area contributed by atoms with Gasteiger partial charge in [0.05, 0.1) is 18.6 Å². The smallest absolute Gasteiger partial charge is 0.198 e. The molecule has 0 spiro atoms. The molecule has 0 aromatic carbocycles. The lowest BCUT2D eigenvalue weighted by molar-refractivity contribution is 0.0976. The van der Waals surface area contributed by atoms with E-state index >= 15 is 0 Å². The van der Waals surface area contributed by atoms with Gasteiger partial charge in [0.1, 0.15) is 5.69 Å². The number of thioether (sulfide) groups is 2. The largest absolute Gasteiger partial charge is 0.493 e. The van der Waals surface area contributed by atoms with E-state index in [-0.39, 0.29) is 11.0 Å². The summed E-state index contributed by atoms with van der Waals surface area (Å²) >= 11 is 3.63. The summed E-state index contributed by atoms with van der Waals surface area (Å²) < 4.78 is 7.08. The lowest BCUT2D eigenvalue weighted by Crippen LogP contribution is -2.32. The van der Waals surface area contributed by atoms with Crippen molar-refractivity contribution in [2.75, 3.05) is 18.6 Å². The van der Waals surface area contributed by atoms with Crippen LogP contribution in [0.2, 0.25) is 0 Å². The highest BCUT2D eigenvalue weighted by Crippen LogP contribution is 2.34. The number of aryl methyl sites for hydroxylation is 1. The zero-order chi connectivity index (χ0) is 13.8. The average molecular weight is 300 g/mol. The third-order valence-electron chi connectivity index (χ3n) is 3.14. The molecule has 0 aliphatic carbocycles. The minimum atomic E-state index is 0.0138. The first-order chi connectivity index (χ1) is 9.19. The predicted octanol–water partition coefficient (Wildman–Crippen LogP) is 2.72. The van der Waals surface area contributed by atoms with Gasteiger partial charge >= 0.3 is 0 Å². The Bertz CT molecular complexity index is 448. The van der Waals surface area contributed by atoms with Crippen LogP contribution in [0, 0.1) is 0 Å². The fourth-order valence-corrected chi connectivity index (χ4v) is 4.90. The highest BCUT2D eigenvalue weighted by molar-refractivity contribution is 8.07. The van der Waals surface area contributed by atoms with Crippen LogP contribution in [0.25, 0.3) is 0 Å². The van der Waals surface area contributed by atoms with Crippen molar-refractivity contribution in [3.8, 4) is 5.75 Å². The quantitative estimate of drug-likeness (QED) is 0.782. The van der Waals surface area contributed by atoms with Gasteiger partial charge in [0.2, 0.25) is 0 Å². The molecule has 1 saturated heterocycles. The van der Waals surface area contributed by atoms with E-state index in [4.69, 9.17) is 4.74 Å². The Morgan fingerprint density at radius 3 is 2.89 bits per heavy atom. The molecule has 19 heavy (non-hydrogen) atoms. The van der Waals surface area contributed by atoms with Crippen LogP contribution in [0.3, 0.4) is 0 Å². The van der Waals surface area contributed by atoms with Crippen LogP contribution < -0.4 is 4.74 Å². The molecule has 2 atom stereocenters. The standard InChI is InChI=1S/C13H20N2O2S2/c1-4-5-15-11(10(17-3)8-14-15)12(16)13-9(2)18-6-7-19-13/h8-9,13H,4-7H2,1-3H3. The van der Waals surface area contributed by atoms with Crippen LogP contribution in [0.5, 0.6) is 5.75 Å². The Balaban J connectivity index is 2.28. The second-order valence-electron chi connectivity index (χ2n) is 4.52. The van der Waals surface area contributed by atoms with Crippen molar-refractivity contribution in [1.82, 2.24) is 9.78 Å². The molecule has 0 saturated carbocycles. The van der Waals surface area contributed by atoms with Gasteiger partial charge in [-0.25, -0.2) is 0 Å².